The number of ketones is 1. The summed E-state index contributed by atoms with van der Waals surface area (Å²) in [6.45, 7) is 1.46. The first-order chi connectivity index (χ1) is 11.2. The second-order valence-electron chi connectivity index (χ2n) is 5.66. The van der Waals surface area contributed by atoms with E-state index in [1.807, 2.05) is 0 Å². The summed E-state index contributed by atoms with van der Waals surface area (Å²) >= 11 is 12.0. The fourth-order valence-corrected chi connectivity index (χ4v) is 3.37. The van der Waals surface area contributed by atoms with E-state index in [0.29, 0.717) is 0 Å². The lowest BCUT2D eigenvalue weighted by atomic mass is 9.79. The van der Waals surface area contributed by atoms with Crippen LogP contribution in [0, 0.1) is 5.92 Å². The number of aromatic hydroxyl groups is 1. The van der Waals surface area contributed by atoms with Crippen molar-refractivity contribution in [3.8, 4) is 5.75 Å². The summed E-state index contributed by atoms with van der Waals surface area (Å²) in [6.07, 6.45) is 0. The molecule has 5 nitrogen and oxygen atoms in total. The van der Waals surface area contributed by atoms with Crippen molar-refractivity contribution in [3.63, 3.8) is 0 Å². The number of nitrogens with one attached hydrogen (secondary N) is 1. The van der Waals surface area contributed by atoms with Crippen LogP contribution in [0.5, 0.6) is 5.75 Å². The van der Waals surface area contributed by atoms with Crippen LogP contribution in [-0.4, -0.2) is 21.9 Å². The largest absolute Gasteiger partial charge is 0.508 e. The van der Waals surface area contributed by atoms with Gasteiger partial charge in [0.05, 0.1) is 16.6 Å². The van der Waals surface area contributed by atoms with E-state index in [-0.39, 0.29) is 32.6 Å². The highest BCUT2D eigenvalue weighted by molar-refractivity contribution is 6.37. The van der Waals surface area contributed by atoms with Gasteiger partial charge in [0, 0.05) is 16.1 Å². The lowest BCUT2D eigenvalue weighted by Crippen LogP contribution is -2.44. The summed E-state index contributed by atoms with van der Waals surface area (Å²) in [5.74, 6) is -2.25. The molecule has 124 valence electrons. The molecular formula is C17H13Cl2NO4. The highest BCUT2D eigenvalue weighted by Gasteiger charge is 2.52. The molecule has 7 heteroatoms. The van der Waals surface area contributed by atoms with Crippen molar-refractivity contribution in [1.82, 2.24) is 0 Å². The number of hydrogen-bond donors (Lipinski definition) is 3. The molecule has 1 aliphatic heterocycles. The Labute approximate surface area is 147 Å². The van der Waals surface area contributed by atoms with Crippen molar-refractivity contribution < 1.29 is 19.8 Å². The lowest BCUT2D eigenvalue weighted by Gasteiger charge is -2.27. The van der Waals surface area contributed by atoms with E-state index in [1.165, 1.54) is 43.3 Å². The second kappa shape index (κ2) is 5.77. The zero-order valence-electron chi connectivity index (χ0n) is 12.5. The van der Waals surface area contributed by atoms with Gasteiger partial charge in [-0.1, -0.05) is 30.1 Å². The van der Waals surface area contributed by atoms with E-state index >= 15 is 0 Å². The Morgan fingerprint density at radius 3 is 2.46 bits per heavy atom. The number of anilines is 1. The van der Waals surface area contributed by atoms with Gasteiger partial charge in [0.15, 0.2) is 11.4 Å². The summed E-state index contributed by atoms with van der Waals surface area (Å²) in [6, 6.07) is 8.44. The van der Waals surface area contributed by atoms with E-state index in [9.17, 15) is 19.8 Å². The number of carbonyl (C=O) groups excluding carboxylic acids is 2. The minimum atomic E-state index is -2.08. The van der Waals surface area contributed by atoms with Crippen LogP contribution >= 0.6 is 23.2 Å². The second-order valence-corrected chi connectivity index (χ2v) is 6.51. The maximum atomic E-state index is 12.7. The van der Waals surface area contributed by atoms with Crippen molar-refractivity contribution in [2.75, 3.05) is 5.32 Å². The van der Waals surface area contributed by atoms with Crippen molar-refractivity contribution >= 4 is 40.6 Å². The molecule has 1 amide bonds. The maximum absolute atomic E-state index is 12.7. The number of hydrogen-bond acceptors (Lipinski definition) is 4. The summed E-state index contributed by atoms with van der Waals surface area (Å²) in [5, 5.41) is 23.3. The normalized spacial score (nSPS) is 20.4. The number of phenolic OH excluding ortho intramolecular Hbond substituents is 1. The minimum Gasteiger partial charge on any atom is -0.508 e. The molecule has 1 aliphatic rings. The van der Waals surface area contributed by atoms with E-state index in [1.54, 1.807) is 0 Å². The van der Waals surface area contributed by atoms with Gasteiger partial charge in [0.2, 0.25) is 0 Å². The first-order valence-corrected chi connectivity index (χ1v) is 7.87. The molecule has 24 heavy (non-hydrogen) atoms. The SMILES string of the molecule is C[C@@H](C(=O)c1ccc(O)cc1)[C@@]1(O)C(=O)Nc2c(Cl)cc(Cl)cc21. The first-order valence-electron chi connectivity index (χ1n) is 7.11. The van der Waals surface area contributed by atoms with E-state index < -0.39 is 23.2 Å². The molecule has 2 aromatic carbocycles. The third-order valence-electron chi connectivity index (χ3n) is 4.22. The zero-order valence-corrected chi connectivity index (χ0v) is 14.0. The van der Waals surface area contributed by atoms with Crippen molar-refractivity contribution in [2.45, 2.75) is 12.5 Å². The zero-order chi connectivity index (χ0) is 17.6. The number of rotatable bonds is 3. The highest BCUT2D eigenvalue weighted by Crippen LogP contribution is 2.46. The predicted octanol–water partition coefficient (Wildman–Crippen LogP) is 3.36. The molecule has 0 spiro atoms. The molecule has 2 aromatic rings. The predicted molar refractivity (Wildman–Crippen MR) is 90.6 cm³/mol. The number of halogens is 2. The summed E-state index contributed by atoms with van der Waals surface area (Å²) in [4.78, 5) is 25.1. The summed E-state index contributed by atoms with van der Waals surface area (Å²) < 4.78 is 0. The number of Topliss-reactive ketones (excluding diaryl/α,β-unsaturated/α-hetero) is 1. The minimum absolute atomic E-state index is 0.0143. The van der Waals surface area contributed by atoms with Crippen LogP contribution in [0.3, 0.4) is 0 Å². The average molecular weight is 366 g/mol. The van der Waals surface area contributed by atoms with Crippen LogP contribution in [0.2, 0.25) is 10.0 Å². The summed E-state index contributed by atoms with van der Waals surface area (Å²) in [7, 11) is 0. The Kier molecular flexibility index (Phi) is 4.03. The molecule has 0 saturated heterocycles. The highest BCUT2D eigenvalue weighted by atomic mass is 35.5. The molecule has 0 aromatic heterocycles. The van der Waals surface area contributed by atoms with Crippen molar-refractivity contribution in [1.29, 1.82) is 0 Å². The molecule has 0 aliphatic carbocycles. The Morgan fingerprint density at radius 2 is 1.83 bits per heavy atom. The van der Waals surface area contributed by atoms with Gasteiger partial charge >= 0.3 is 0 Å². The van der Waals surface area contributed by atoms with Gasteiger partial charge in [-0.15, -0.1) is 0 Å². The number of phenols is 1. The van der Waals surface area contributed by atoms with Gasteiger partial charge in [0.25, 0.3) is 5.91 Å². The molecule has 1 heterocycles. The molecule has 0 radical (unpaired) electrons. The first kappa shape index (κ1) is 16.8. The maximum Gasteiger partial charge on any atom is 0.261 e. The molecule has 0 bridgehead atoms. The van der Waals surface area contributed by atoms with Crippen molar-refractivity contribution in [2.24, 2.45) is 5.92 Å². The van der Waals surface area contributed by atoms with Gasteiger partial charge in [-0.25, -0.2) is 0 Å². The van der Waals surface area contributed by atoms with Gasteiger partial charge in [-0.05, 0) is 36.4 Å². The summed E-state index contributed by atoms with van der Waals surface area (Å²) in [5.41, 5.74) is -1.40. The van der Waals surface area contributed by atoms with Crippen LogP contribution in [0.1, 0.15) is 22.8 Å². The van der Waals surface area contributed by atoms with Gasteiger partial charge in [-0.3, -0.25) is 9.59 Å². The van der Waals surface area contributed by atoms with Gasteiger partial charge in [0.1, 0.15) is 5.75 Å². The quantitative estimate of drug-likeness (QED) is 0.727. The lowest BCUT2D eigenvalue weighted by molar-refractivity contribution is -0.137. The molecule has 0 fully saturated rings. The van der Waals surface area contributed by atoms with Gasteiger partial charge in [-0.2, -0.15) is 0 Å². The van der Waals surface area contributed by atoms with Crippen LogP contribution in [0.25, 0.3) is 0 Å². The van der Waals surface area contributed by atoms with Crippen LogP contribution in [0.15, 0.2) is 36.4 Å². The van der Waals surface area contributed by atoms with Crippen molar-refractivity contribution in [3.05, 3.63) is 57.6 Å². The number of aliphatic hydroxyl groups is 1. The smallest absolute Gasteiger partial charge is 0.261 e. The topological polar surface area (TPSA) is 86.6 Å². The Bertz CT molecular complexity index is 850. The molecule has 0 saturated carbocycles. The van der Waals surface area contributed by atoms with E-state index in [2.05, 4.69) is 5.32 Å². The standard InChI is InChI=1S/C17H13Cl2NO4/c1-8(15(22)9-2-4-11(21)5-3-9)17(24)12-6-10(18)7-13(19)14(12)20-16(17)23/h2-8,21,24H,1H3,(H,20,23)/t8-,17-/m0/s1. The average Bonchev–Trinajstić information content (AvgIpc) is 2.80. The van der Waals surface area contributed by atoms with Crippen LogP contribution in [-0.2, 0) is 10.4 Å². The fourth-order valence-electron chi connectivity index (χ4n) is 2.83. The molecule has 2 atom stereocenters. The third kappa shape index (κ3) is 2.45. The van der Waals surface area contributed by atoms with Crippen LogP contribution in [0.4, 0.5) is 5.69 Å². The Morgan fingerprint density at radius 1 is 1.21 bits per heavy atom. The van der Waals surface area contributed by atoms with E-state index in [4.69, 9.17) is 23.2 Å². The molecule has 3 rings (SSSR count). The number of fused-ring (bicyclic) bond motifs is 1. The van der Waals surface area contributed by atoms with Crippen LogP contribution < -0.4 is 5.32 Å². The number of carbonyl (C=O) groups is 2. The number of amides is 1. The fraction of sp³-hybridized carbons (Fsp3) is 0.176. The third-order valence-corrected chi connectivity index (χ3v) is 4.74. The number of benzene rings is 2. The Balaban J connectivity index is 2.06. The monoisotopic (exact) mass is 365 g/mol. The molecular weight excluding hydrogens is 353 g/mol. The molecule has 0 unspecified atom stereocenters. The molecule has 3 N–H and O–H groups in total. The Hall–Kier alpha value is -2.08. The van der Waals surface area contributed by atoms with Gasteiger partial charge < -0.3 is 15.5 Å². The van der Waals surface area contributed by atoms with E-state index in [0.717, 1.165) is 0 Å².